The molecule has 0 atom stereocenters. The molecule has 0 aromatic carbocycles. The molecule has 0 aromatic heterocycles. The van der Waals surface area contributed by atoms with Gasteiger partial charge in [-0.25, -0.2) is 13.1 Å². The quantitative estimate of drug-likeness (QED) is 0.785. The number of nitrogens with one attached hydrogen (secondary N) is 1. The van der Waals surface area contributed by atoms with Crippen molar-refractivity contribution in [1.82, 2.24) is 9.62 Å². The summed E-state index contributed by atoms with van der Waals surface area (Å²) >= 11 is 0. The zero-order valence-corrected chi connectivity index (χ0v) is 10.6. The molecule has 1 heterocycles. The lowest BCUT2D eigenvalue weighted by molar-refractivity contribution is 0.358. The molecule has 0 spiro atoms. The highest BCUT2D eigenvalue weighted by Gasteiger charge is 2.22. The van der Waals surface area contributed by atoms with Crippen molar-refractivity contribution >= 4 is 10.0 Å². The minimum atomic E-state index is -3.04. The van der Waals surface area contributed by atoms with Crippen LogP contribution in [0.1, 0.15) is 38.5 Å². The van der Waals surface area contributed by atoms with Crippen molar-refractivity contribution in [1.29, 1.82) is 0 Å². The van der Waals surface area contributed by atoms with E-state index in [1.165, 1.54) is 25.7 Å². The molecule has 16 heavy (non-hydrogen) atoms. The maximum absolute atomic E-state index is 11.8. The average Bonchev–Trinajstić information content (AvgIpc) is 2.85. The first-order valence-corrected chi connectivity index (χ1v) is 8.03. The summed E-state index contributed by atoms with van der Waals surface area (Å²) < 4.78 is 26.4. The summed E-state index contributed by atoms with van der Waals surface area (Å²) in [5, 5.41) is 0. The molecule has 0 bridgehead atoms. The molecular weight excluding hydrogens is 224 g/mol. The van der Waals surface area contributed by atoms with Crippen LogP contribution in [0.25, 0.3) is 0 Å². The zero-order chi connectivity index (χ0) is 11.4. The third-order valence-corrected chi connectivity index (χ3v) is 4.99. The number of likely N-dealkylation sites (tertiary alicyclic amines) is 1. The van der Waals surface area contributed by atoms with Crippen molar-refractivity contribution in [3.8, 4) is 0 Å². The Morgan fingerprint density at radius 2 is 1.69 bits per heavy atom. The van der Waals surface area contributed by atoms with Crippen molar-refractivity contribution < 1.29 is 8.42 Å². The Labute approximate surface area is 98.4 Å². The fraction of sp³-hybridized carbons (Fsp3) is 1.00. The van der Waals surface area contributed by atoms with Crippen LogP contribution in [0.15, 0.2) is 0 Å². The fourth-order valence-electron chi connectivity index (χ4n) is 2.61. The molecule has 5 heteroatoms. The second-order valence-corrected chi connectivity index (χ2v) is 6.84. The topological polar surface area (TPSA) is 49.4 Å². The highest BCUT2D eigenvalue weighted by molar-refractivity contribution is 7.89. The zero-order valence-electron chi connectivity index (χ0n) is 9.82. The van der Waals surface area contributed by atoms with Crippen LogP contribution in [-0.2, 0) is 10.0 Å². The van der Waals surface area contributed by atoms with Crippen LogP contribution >= 0.6 is 0 Å². The minimum absolute atomic E-state index is 0.212. The Balaban J connectivity index is 1.73. The smallest absolute Gasteiger partial charge is 0.213 e. The lowest BCUT2D eigenvalue weighted by Gasteiger charge is -2.16. The number of sulfonamides is 1. The third-order valence-electron chi connectivity index (χ3n) is 3.58. The summed E-state index contributed by atoms with van der Waals surface area (Å²) in [6.45, 7) is 2.83. The maximum Gasteiger partial charge on any atom is 0.213 e. The van der Waals surface area contributed by atoms with Crippen LogP contribution in [0.3, 0.4) is 0 Å². The van der Waals surface area contributed by atoms with E-state index < -0.39 is 10.0 Å². The predicted octanol–water partition coefficient (Wildman–Crippen LogP) is 0.944. The van der Waals surface area contributed by atoms with E-state index in [0.717, 1.165) is 25.9 Å². The van der Waals surface area contributed by atoms with E-state index in [0.29, 0.717) is 6.54 Å². The van der Waals surface area contributed by atoms with Crippen molar-refractivity contribution in [2.75, 3.05) is 25.4 Å². The van der Waals surface area contributed by atoms with Gasteiger partial charge in [0, 0.05) is 12.6 Å². The Morgan fingerprint density at radius 3 is 2.31 bits per heavy atom. The Kier molecular flexibility index (Phi) is 4.21. The van der Waals surface area contributed by atoms with Gasteiger partial charge >= 0.3 is 0 Å². The molecule has 0 radical (unpaired) electrons. The van der Waals surface area contributed by atoms with Gasteiger partial charge in [-0.2, -0.15) is 0 Å². The maximum atomic E-state index is 11.8. The number of hydrogen-bond donors (Lipinski definition) is 1. The minimum Gasteiger partial charge on any atom is -0.302 e. The van der Waals surface area contributed by atoms with Gasteiger partial charge in [-0.15, -0.1) is 0 Å². The number of rotatable bonds is 5. The summed E-state index contributed by atoms with van der Waals surface area (Å²) in [5.41, 5.74) is 0. The summed E-state index contributed by atoms with van der Waals surface area (Å²) in [6.07, 6.45) is 6.80. The summed E-state index contributed by atoms with van der Waals surface area (Å²) in [4.78, 5) is 2.24. The molecule has 0 unspecified atom stereocenters. The van der Waals surface area contributed by atoms with Gasteiger partial charge in [0.15, 0.2) is 0 Å². The number of hydrogen-bond acceptors (Lipinski definition) is 3. The van der Waals surface area contributed by atoms with Crippen LogP contribution in [0, 0.1) is 0 Å². The third kappa shape index (κ3) is 3.71. The first-order chi connectivity index (χ1) is 7.66. The standard InChI is InChI=1S/C11H22N2O2S/c14-16(15,12-11-5-1-2-6-11)10-9-13-7-3-4-8-13/h11-12H,1-10H2. The predicted molar refractivity (Wildman–Crippen MR) is 64.9 cm³/mol. The molecule has 94 valence electrons. The van der Waals surface area contributed by atoms with Gasteiger partial charge in [0.1, 0.15) is 0 Å². The summed E-state index contributed by atoms with van der Waals surface area (Å²) in [7, 11) is -3.04. The molecule has 2 aliphatic rings. The van der Waals surface area contributed by atoms with Gasteiger partial charge in [0.2, 0.25) is 10.0 Å². The Morgan fingerprint density at radius 1 is 1.06 bits per heavy atom. The lowest BCUT2D eigenvalue weighted by Crippen LogP contribution is -2.38. The van der Waals surface area contributed by atoms with Crippen LogP contribution in [0.5, 0.6) is 0 Å². The largest absolute Gasteiger partial charge is 0.302 e. The monoisotopic (exact) mass is 246 g/mol. The van der Waals surface area contributed by atoms with Gasteiger partial charge in [0.25, 0.3) is 0 Å². The SMILES string of the molecule is O=S(=O)(CCN1CCCC1)NC1CCCC1. The lowest BCUT2D eigenvalue weighted by atomic mass is 10.3. The second kappa shape index (κ2) is 5.47. The van der Waals surface area contributed by atoms with E-state index in [9.17, 15) is 8.42 Å². The van der Waals surface area contributed by atoms with E-state index in [1.807, 2.05) is 0 Å². The number of nitrogens with zero attached hydrogens (tertiary/aromatic N) is 1. The molecule has 1 aliphatic heterocycles. The highest BCUT2D eigenvalue weighted by Crippen LogP contribution is 2.18. The van der Waals surface area contributed by atoms with Crippen LogP contribution in [0.4, 0.5) is 0 Å². The van der Waals surface area contributed by atoms with Gasteiger partial charge in [-0.1, -0.05) is 12.8 Å². The molecule has 0 amide bonds. The molecule has 1 saturated carbocycles. The van der Waals surface area contributed by atoms with Gasteiger partial charge in [-0.3, -0.25) is 0 Å². The molecule has 4 nitrogen and oxygen atoms in total. The van der Waals surface area contributed by atoms with Gasteiger partial charge < -0.3 is 4.90 Å². The fourth-order valence-corrected chi connectivity index (χ4v) is 3.97. The van der Waals surface area contributed by atoms with Crippen molar-refractivity contribution in [3.63, 3.8) is 0 Å². The van der Waals surface area contributed by atoms with Crippen LogP contribution in [-0.4, -0.2) is 44.7 Å². The van der Waals surface area contributed by atoms with Crippen LogP contribution in [0.2, 0.25) is 0 Å². The molecular formula is C11H22N2O2S. The van der Waals surface area contributed by atoms with E-state index in [-0.39, 0.29) is 11.8 Å². The first kappa shape index (κ1) is 12.3. The van der Waals surface area contributed by atoms with Crippen molar-refractivity contribution in [3.05, 3.63) is 0 Å². The average molecular weight is 246 g/mol. The van der Waals surface area contributed by atoms with Crippen molar-refractivity contribution in [2.24, 2.45) is 0 Å². The molecule has 0 aromatic rings. The van der Waals surface area contributed by atoms with E-state index >= 15 is 0 Å². The summed E-state index contributed by atoms with van der Waals surface area (Å²) in [5.74, 6) is 0.267. The van der Waals surface area contributed by atoms with E-state index in [2.05, 4.69) is 9.62 Å². The summed E-state index contributed by atoms with van der Waals surface area (Å²) in [6, 6.07) is 0.212. The Hall–Kier alpha value is -0.130. The van der Waals surface area contributed by atoms with Crippen LogP contribution < -0.4 is 4.72 Å². The second-order valence-electron chi connectivity index (χ2n) is 4.97. The van der Waals surface area contributed by atoms with Crippen molar-refractivity contribution in [2.45, 2.75) is 44.6 Å². The van der Waals surface area contributed by atoms with Gasteiger partial charge in [-0.05, 0) is 38.8 Å². The molecule has 2 rings (SSSR count). The highest BCUT2D eigenvalue weighted by atomic mass is 32.2. The normalized spacial score (nSPS) is 24.2. The Bertz CT molecular complexity index is 304. The van der Waals surface area contributed by atoms with E-state index in [1.54, 1.807) is 0 Å². The molecule has 1 N–H and O–H groups in total. The molecule has 1 aliphatic carbocycles. The van der Waals surface area contributed by atoms with Gasteiger partial charge in [0.05, 0.1) is 5.75 Å². The molecule has 2 fully saturated rings. The molecule has 1 saturated heterocycles. The van der Waals surface area contributed by atoms with E-state index in [4.69, 9.17) is 0 Å². The first-order valence-electron chi connectivity index (χ1n) is 6.38.